The molecule has 0 heterocycles. The molecule has 11 heteroatoms. The van der Waals surface area contributed by atoms with Gasteiger partial charge in [0.15, 0.2) is 0 Å². The minimum absolute atomic E-state index is 0.0397. The summed E-state index contributed by atoms with van der Waals surface area (Å²) >= 11 is 15.8. The van der Waals surface area contributed by atoms with Gasteiger partial charge in [0.2, 0.25) is 21.8 Å². The maximum atomic E-state index is 13.5. The summed E-state index contributed by atoms with van der Waals surface area (Å²) in [6.45, 7) is 2.04. The highest BCUT2D eigenvalue weighted by Crippen LogP contribution is 2.31. The average Bonchev–Trinajstić information content (AvgIpc) is 2.86. The van der Waals surface area contributed by atoms with Gasteiger partial charge in [-0.05, 0) is 62.1 Å². The summed E-state index contributed by atoms with van der Waals surface area (Å²) in [7, 11) is -3.68. The van der Waals surface area contributed by atoms with Gasteiger partial charge in [-0.3, -0.25) is 13.9 Å². The molecule has 0 saturated heterocycles. The van der Waals surface area contributed by atoms with Gasteiger partial charge in [0, 0.05) is 35.0 Å². The largest absolute Gasteiger partial charge is 0.352 e. The van der Waals surface area contributed by atoms with Gasteiger partial charge < -0.3 is 10.2 Å². The lowest BCUT2D eigenvalue weighted by Crippen LogP contribution is -2.50. The van der Waals surface area contributed by atoms with Gasteiger partial charge in [0.25, 0.3) is 0 Å². The Bertz CT molecular complexity index is 1240. The first-order valence-corrected chi connectivity index (χ1v) is 16.1. The van der Waals surface area contributed by atoms with Crippen molar-refractivity contribution in [3.05, 3.63) is 62.5 Å². The van der Waals surface area contributed by atoms with Crippen molar-refractivity contribution in [2.24, 2.45) is 0 Å². The van der Waals surface area contributed by atoms with Crippen LogP contribution in [0, 0.1) is 0 Å². The van der Waals surface area contributed by atoms with Crippen molar-refractivity contribution in [3.63, 3.8) is 0 Å². The summed E-state index contributed by atoms with van der Waals surface area (Å²) in [5, 5.41) is 3.72. The maximum absolute atomic E-state index is 13.5. The summed E-state index contributed by atoms with van der Waals surface area (Å²) in [6.07, 6.45) is 6.64. The van der Waals surface area contributed by atoms with Gasteiger partial charge in [0.1, 0.15) is 6.04 Å². The topological polar surface area (TPSA) is 86.8 Å². The number of sulfonamides is 1. The fraction of sp³-hybridized carbons (Fsp3) is 0.481. The number of rotatable bonds is 11. The van der Waals surface area contributed by atoms with Crippen LogP contribution in [-0.2, 0) is 26.2 Å². The molecule has 38 heavy (non-hydrogen) atoms. The number of carbonyl (C=O) groups is 2. The molecule has 0 radical (unpaired) electrons. The van der Waals surface area contributed by atoms with E-state index in [1.165, 1.54) is 18.6 Å². The van der Waals surface area contributed by atoms with Crippen molar-refractivity contribution in [3.8, 4) is 0 Å². The van der Waals surface area contributed by atoms with E-state index < -0.39 is 16.1 Å². The molecule has 1 N–H and O–H groups in total. The molecular formula is C27H34BrCl2N3O4S. The highest BCUT2D eigenvalue weighted by Gasteiger charge is 2.28. The molecule has 2 aromatic carbocycles. The Hall–Kier alpha value is -1.81. The van der Waals surface area contributed by atoms with Gasteiger partial charge in [-0.2, -0.15) is 0 Å². The van der Waals surface area contributed by atoms with Crippen molar-refractivity contribution in [1.82, 2.24) is 10.2 Å². The molecule has 1 saturated carbocycles. The van der Waals surface area contributed by atoms with Crippen molar-refractivity contribution < 1.29 is 18.0 Å². The normalized spacial score (nSPS) is 15.1. The Labute approximate surface area is 244 Å². The minimum Gasteiger partial charge on any atom is -0.352 e. The number of nitrogens with one attached hydrogen (secondary N) is 1. The molecule has 1 fully saturated rings. The van der Waals surface area contributed by atoms with E-state index in [1.54, 1.807) is 17.9 Å². The quantitative estimate of drug-likeness (QED) is 0.316. The fourth-order valence-corrected chi connectivity index (χ4v) is 6.49. The van der Waals surface area contributed by atoms with Crippen molar-refractivity contribution in [2.75, 3.05) is 17.1 Å². The van der Waals surface area contributed by atoms with Gasteiger partial charge in [-0.25, -0.2) is 8.42 Å². The average molecular weight is 647 g/mol. The predicted molar refractivity (Wildman–Crippen MR) is 157 cm³/mol. The summed E-state index contributed by atoms with van der Waals surface area (Å²) in [6, 6.07) is 11.7. The van der Waals surface area contributed by atoms with E-state index in [2.05, 4.69) is 21.2 Å². The van der Waals surface area contributed by atoms with E-state index in [4.69, 9.17) is 23.2 Å². The number of amides is 2. The molecule has 1 aliphatic carbocycles. The highest BCUT2D eigenvalue weighted by molar-refractivity contribution is 9.10. The highest BCUT2D eigenvalue weighted by atomic mass is 79.9. The smallest absolute Gasteiger partial charge is 0.242 e. The zero-order valence-electron chi connectivity index (χ0n) is 21.6. The Morgan fingerprint density at radius 2 is 1.82 bits per heavy atom. The van der Waals surface area contributed by atoms with E-state index in [9.17, 15) is 18.0 Å². The van der Waals surface area contributed by atoms with Crippen LogP contribution >= 0.6 is 39.1 Å². The third kappa shape index (κ3) is 8.86. The SMILES string of the molecule is C[C@H](C(=O)NC1CCCCC1)N(Cc1cccc(Br)c1)C(=O)CCCN(c1cc(Cl)ccc1Cl)S(C)(=O)=O. The first kappa shape index (κ1) is 30.7. The Kier molecular flexibility index (Phi) is 11.3. The number of carbonyl (C=O) groups excluding carboxylic acids is 2. The molecule has 2 amide bonds. The van der Waals surface area contributed by atoms with Crippen molar-refractivity contribution in [2.45, 2.75) is 70.5 Å². The molecule has 0 unspecified atom stereocenters. The fourth-order valence-electron chi connectivity index (χ4n) is 4.64. The van der Waals surface area contributed by atoms with E-state index in [1.807, 2.05) is 24.3 Å². The van der Waals surface area contributed by atoms with Crippen LogP contribution in [0.1, 0.15) is 57.4 Å². The van der Waals surface area contributed by atoms with Crippen LogP contribution in [-0.4, -0.2) is 50.0 Å². The third-order valence-corrected chi connectivity index (χ3v) is 8.92. The molecule has 3 rings (SSSR count). The van der Waals surface area contributed by atoms with Crippen LogP contribution < -0.4 is 9.62 Å². The Morgan fingerprint density at radius 3 is 2.47 bits per heavy atom. The number of hydrogen-bond donors (Lipinski definition) is 1. The summed E-state index contributed by atoms with van der Waals surface area (Å²) in [5.74, 6) is -0.411. The molecule has 0 aromatic heterocycles. The van der Waals surface area contributed by atoms with Crippen LogP contribution in [0.15, 0.2) is 46.9 Å². The molecule has 1 atom stereocenters. The van der Waals surface area contributed by atoms with Gasteiger partial charge in [0.05, 0.1) is 17.0 Å². The van der Waals surface area contributed by atoms with Crippen LogP contribution in [0.25, 0.3) is 0 Å². The lowest BCUT2D eigenvalue weighted by atomic mass is 9.95. The van der Waals surface area contributed by atoms with E-state index in [-0.39, 0.29) is 54.5 Å². The third-order valence-electron chi connectivity index (χ3n) is 6.69. The molecule has 2 aromatic rings. The molecule has 0 spiro atoms. The second kappa shape index (κ2) is 14.0. The van der Waals surface area contributed by atoms with E-state index in [0.717, 1.165) is 46.3 Å². The van der Waals surface area contributed by atoms with Gasteiger partial charge in [-0.15, -0.1) is 0 Å². The molecule has 0 bridgehead atoms. The van der Waals surface area contributed by atoms with Crippen LogP contribution in [0.5, 0.6) is 0 Å². The second-order valence-corrected chi connectivity index (χ2v) is 13.4. The monoisotopic (exact) mass is 645 g/mol. The molecule has 208 valence electrons. The minimum atomic E-state index is -3.68. The molecule has 7 nitrogen and oxygen atoms in total. The van der Waals surface area contributed by atoms with Crippen LogP contribution in [0.3, 0.4) is 0 Å². The summed E-state index contributed by atoms with van der Waals surface area (Å²) in [4.78, 5) is 28.2. The molecule has 1 aliphatic rings. The number of benzene rings is 2. The van der Waals surface area contributed by atoms with E-state index >= 15 is 0 Å². The zero-order chi connectivity index (χ0) is 27.9. The number of halogens is 3. The lowest BCUT2D eigenvalue weighted by Gasteiger charge is -2.31. The zero-order valence-corrected chi connectivity index (χ0v) is 25.5. The van der Waals surface area contributed by atoms with E-state index in [0.29, 0.717) is 5.02 Å². The number of anilines is 1. The first-order valence-electron chi connectivity index (χ1n) is 12.7. The second-order valence-electron chi connectivity index (χ2n) is 9.71. The summed E-state index contributed by atoms with van der Waals surface area (Å²) in [5.41, 5.74) is 1.15. The first-order chi connectivity index (χ1) is 18.0. The predicted octanol–water partition coefficient (Wildman–Crippen LogP) is 6.17. The van der Waals surface area contributed by atoms with Crippen LogP contribution in [0.2, 0.25) is 10.0 Å². The maximum Gasteiger partial charge on any atom is 0.242 e. The molecule has 0 aliphatic heterocycles. The summed E-state index contributed by atoms with van der Waals surface area (Å²) < 4.78 is 27.1. The standard InChI is InChI=1S/C27H34BrCl2N3O4S/c1-19(27(35)31-23-10-4-3-5-11-23)32(18-20-8-6-9-21(28)16-20)26(34)12-7-15-33(38(2,36)37)25-17-22(29)13-14-24(25)30/h6,8-9,13-14,16-17,19,23H,3-5,7,10-12,15,18H2,1-2H3,(H,31,35)/t19-/m1/s1. The lowest BCUT2D eigenvalue weighted by molar-refractivity contribution is -0.141. The Balaban J connectivity index is 1.74. The number of nitrogens with zero attached hydrogens (tertiary/aromatic N) is 2. The van der Waals surface area contributed by atoms with Gasteiger partial charge >= 0.3 is 0 Å². The number of hydrogen-bond acceptors (Lipinski definition) is 4. The van der Waals surface area contributed by atoms with Gasteiger partial charge in [-0.1, -0.05) is 70.5 Å². The molecular weight excluding hydrogens is 613 g/mol. The van der Waals surface area contributed by atoms with Crippen molar-refractivity contribution >= 4 is 66.7 Å². The Morgan fingerprint density at radius 1 is 1.11 bits per heavy atom. The van der Waals surface area contributed by atoms with Crippen molar-refractivity contribution in [1.29, 1.82) is 0 Å². The van der Waals surface area contributed by atoms with Crippen LogP contribution in [0.4, 0.5) is 5.69 Å².